The summed E-state index contributed by atoms with van der Waals surface area (Å²) < 4.78 is 0. The molecule has 2 N–H and O–H groups in total. The second-order valence-electron chi connectivity index (χ2n) is 10.9. The Morgan fingerprint density at radius 2 is 1.24 bits per heavy atom. The molecule has 0 atom stereocenters. The number of hydrogen-bond donors (Lipinski definition) is 2. The Bertz CT molecular complexity index is 1750. The lowest BCUT2D eigenvalue weighted by Gasteiger charge is -2.23. The first kappa shape index (κ1) is 32.0. The summed E-state index contributed by atoms with van der Waals surface area (Å²) in [7, 11) is 0. The van der Waals surface area contributed by atoms with Gasteiger partial charge in [-0.05, 0) is 83.8 Å². The topological polar surface area (TPSA) is 78.5 Å². The molecule has 0 aliphatic heterocycles. The van der Waals surface area contributed by atoms with Crippen molar-refractivity contribution in [1.29, 1.82) is 0 Å². The fraction of sp³-hybridized carbons (Fsp3) is 0.103. The molecule has 0 unspecified atom stereocenters. The number of rotatable bonds is 11. The van der Waals surface area contributed by atoms with Crippen LogP contribution in [0.25, 0.3) is 6.08 Å². The Morgan fingerprint density at radius 1 is 0.696 bits per heavy atom. The van der Waals surface area contributed by atoms with E-state index in [9.17, 15) is 14.4 Å². The Hall–Kier alpha value is -5.40. The molecule has 5 aromatic rings. The third-order valence-electron chi connectivity index (χ3n) is 7.20. The maximum absolute atomic E-state index is 13.5. The van der Waals surface area contributed by atoms with Crippen molar-refractivity contribution >= 4 is 52.6 Å². The first-order valence-corrected chi connectivity index (χ1v) is 16.0. The van der Waals surface area contributed by atoms with Crippen molar-refractivity contribution in [2.24, 2.45) is 0 Å². The summed E-state index contributed by atoms with van der Waals surface area (Å²) in [5.41, 5.74) is 4.71. The van der Waals surface area contributed by atoms with Gasteiger partial charge in [0.25, 0.3) is 11.8 Å². The van der Waals surface area contributed by atoms with Crippen LogP contribution in [0.15, 0.2) is 150 Å². The largest absolute Gasteiger partial charge is 0.321 e. The monoisotopic (exact) mass is 625 g/mol. The van der Waals surface area contributed by atoms with Gasteiger partial charge in [-0.1, -0.05) is 92.7 Å². The number of thioether (sulfide) groups is 1. The molecule has 0 heterocycles. The summed E-state index contributed by atoms with van der Waals surface area (Å²) in [6.45, 7) is 4.24. The van der Waals surface area contributed by atoms with Crippen LogP contribution in [0.5, 0.6) is 0 Å². The molecule has 0 aliphatic rings. The quantitative estimate of drug-likeness (QED) is 0.114. The van der Waals surface area contributed by atoms with E-state index in [2.05, 4.69) is 24.5 Å². The number of anilines is 3. The van der Waals surface area contributed by atoms with Crippen LogP contribution in [0.3, 0.4) is 0 Å². The van der Waals surface area contributed by atoms with Crippen molar-refractivity contribution in [3.63, 3.8) is 0 Å². The molecule has 0 saturated heterocycles. The van der Waals surface area contributed by atoms with Crippen LogP contribution in [0.4, 0.5) is 17.1 Å². The van der Waals surface area contributed by atoms with Gasteiger partial charge in [0.15, 0.2) is 0 Å². The average Bonchev–Trinajstić information content (AvgIpc) is 3.09. The van der Waals surface area contributed by atoms with Crippen molar-refractivity contribution in [3.05, 3.63) is 162 Å². The Labute approximate surface area is 274 Å². The summed E-state index contributed by atoms with van der Waals surface area (Å²) in [5.74, 6) is -0.273. The van der Waals surface area contributed by atoms with Gasteiger partial charge in [0.05, 0.1) is 5.75 Å². The van der Waals surface area contributed by atoms with Gasteiger partial charge < -0.3 is 10.6 Å². The molecule has 0 saturated carbocycles. The van der Waals surface area contributed by atoms with E-state index in [1.807, 2.05) is 103 Å². The maximum Gasteiger partial charge on any atom is 0.272 e. The normalized spacial score (nSPS) is 11.2. The molecule has 5 rings (SSSR count). The second kappa shape index (κ2) is 15.5. The lowest BCUT2D eigenvalue weighted by Crippen LogP contribution is -2.30. The second-order valence-corrected chi connectivity index (χ2v) is 11.9. The summed E-state index contributed by atoms with van der Waals surface area (Å²) in [4.78, 5) is 42.4. The number of para-hydroxylation sites is 2. The molecule has 5 aromatic carbocycles. The fourth-order valence-electron chi connectivity index (χ4n) is 4.72. The predicted molar refractivity (Wildman–Crippen MR) is 188 cm³/mol. The van der Waals surface area contributed by atoms with E-state index in [1.165, 1.54) is 17.3 Å². The molecular formula is C39H35N3O3S. The molecule has 0 aromatic heterocycles. The van der Waals surface area contributed by atoms with Crippen LogP contribution in [-0.4, -0.2) is 23.5 Å². The lowest BCUT2D eigenvalue weighted by atomic mass is 10.0. The van der Waals surface area contributed by atoms with Gasteiger partial charge in [-0.3, -0.25) is 19.3 Å². The highest BCUT2D eigenvalue weighted by Gasteiger charge is 2.19. The van der Waals surface area contributed by atoms with E-state index in [0.717, 1.165) is 21.8 Å². The van der Waals surface area contributed by atoms with Crippen LogP contribution < -0.4 is 15.5 Å². The molecule has 0 spiro atoms. The zero-order valence-electron chi connectivity index (χ0n) is 25.7. The molecule has 0 aliphatic carbocycles. The summed E-state index contributed by atoms with van der Waals surface area (Å²) in [6.07, 6.45) is 1.67. The van der Waals surface area contributed by atoms with E-state index < -0.39 is 5.91 Å². The molecular weight excluding hydrogens is 591 g/mol. The Morgan fingerprint density at radius 3 is 1.78 bits per heavy atom. The van der Waals surface area contributed by atoms with Crippen LogP contribution in [0.2, 0.25) is 0 Å². The molecule has 7 heteroatoms. The van der Waals surface area contributed by atoms with Crippen molar-refractivity contribution in [1.82, 2.24) is 5.32 Å². The molecule has 230 valence electrons. The zero-order valence-corrected chi connectivity index (χ0v) is 26.5. The van der Waals surface area contributed by atoms with Crippen molar-refractivity contribution in [2.45, 2.75) is 24.7 Å². The van der Waals surface area contributed by atoms with E-state index in [4.69, 9.17) is 0 Å². The van der Waals surface area contributed by atoms with Crippen LogP contribution in [-0.2, 0) is 9.59 Å². The van der Waals surface area contributed by atoms with Crippen molar-refractivity contribution in [2.75, 3.05) is 16.0 Å². The molecule has 6 nitrogen and oxygen atoms in total. The summed E-state index contributed by atoms with van der Waals surface area (Å²) in [6, 6.07) is 43.1. The first-order chi connectivity index (χ1) is 22.4. The minimum atomic E-state index is -0.450. The number of nitrogens with one attached hydrogen (secondary N) is 2. The minimum Gasteiger partial charge on any atom is -0.321 e. The number of hydrogen-bond acceptors (Lipinski definition) is 4. The van der Waals surface area contributed by atoms with Gasteiger partial charge >= 0.3 is 0 Å². The highest BCUT2D eigenvalue weighted by molar-refractivity contribution is 8.00. The standard InChI is InChI=1S/C39H35N3O3S/c1-28(2)30-20-18-29(19-21-30)26-36(41-38(44)31-12-6-3-7-13-31)39(45)40-32-22-24-35(25-23-32)46-27-37(43)42(33-14-8-4-9-15-33)34-16-10-5-11-17-34/h3-26,28H,27H2,1-2H3,(H,40,45)(H,41,44)/b36-26-. The van der Waals surface area contributed by atoms with Crippen LogP contribution in [0, 0.1) is 0 Å². The Balaban J connectivity index is 1.27. The van der Waals surface area contributed by atoms with Gasteiger partial charge in [-0.15, -0.1) is 11.8 Å². The van der Waals surface area contributed by atoms with Crippen LogP contribution >= 0.6 is 11.8 Å². The maximum atomic E-state index is 13.5. The molecule has 0 fully saturated rings. The van der Waals surface area contributed by atoms with E-state index in [1.54, 1.807) is 47.4 Å². The van der Waals surface area contributed by atoms with E-state index >= 15 is 0 Å². The third-order valence-corrected chi connectivity index (χ3v) is 8.19. The van der Waals surface area contributed by atoms with Crippen molar-refractivity contribution < 1.29 is 14.4 Å². The fourth-order valence-corrected chi connectivity index (χ4v) is 5.47. The SMILES string of the molecule is CC(C)c1ccc(/C=C(\NC(=O)c2ccccc2)C(=O)Nc2ccc(SCC(=O)N(c3ccccc3)c3ccccc3)cc2)cc1. The molecule has 0 radical (unpaired) electrons. The summed E-state index contributed by atoms with van der Waals surface area (Å²) in [5, 5.41) is 5.68. The highest BCUT2D eigenvalue weighted by atomic mass is 32.2. The number of carbonyl (C=O) groups excluding carboxylic acids is 3. The minimum absolute atomic E-state index is 0.0508. The van der Waals surface area contributed by atoms with E-state index in [0.29, 0.717) is 17.2 Å². The summed E-state index contributed by atoms with van der Waals surface area (Å²) >= 11 is 1.42. The van der Waals surface area contributed by atoms with Gasteiger partial charge in [0, 0.05) is 27.5 Å². The molecule has 46 heavy (non-hydrogen) atoms. The smallest absolute Gasteiger partial charge is 0.272 e. The lowest BCUT2D eigenvalue weighted by molar-refractivity contribution is -0.115. The highest BCUT2D eigenvalue weighted by Crippen LogP contribution is 2.28. The van der Waals surface area contributed by atoms with Gasteiger partial charge in [-0.25, -0.2) is 0 Å². The van der Waals surface area contributed by atoms with Gasteiger partial charge in [0.2, 0.25) is 5.91 Å². The molecule has 3 amide bonds. The van der Waals surface area contributed by atoms with E-state index in [-0.39, 0.29) is 23.3 Å². The molecule has 0 bridgehead atoms. The average molecular weight is 626 g/mol. The first-order valence-electron chi connectivity index (χ1n) is 15.0. The van der Waals surface area contributed by atoms with Gasteiger partial charge in [-0.2, -0.15) is 0 Å². The number of amides is 3. The zero-order chi connectivity index (χ0) is 32.3. The predicted octanol–water partition coefficient (Wildman–Crippen LogP) is 8.68. The number of benzene rings is 5. The van der Waals surface area contributed by atoms with Gasteiger partial charge in [0.1, 0.15) is 5.70 Å². The number of carbonyl (C=O) groups is 3. The van der Waals surface area contributed by atoms with Crippen LogP contribution in [0.1, 0.15) is 41.3 Å². The Kier molecular flexibility index (Phi) is 10.8. The number of nitrogens with zero attached hydrogens (tertiary/aromatic N) is 1. The third kappa shape index (κ3) is 8.61. The van der Waals surface area contributed by atoms with Crippen molar-refractivity contribution in [3.8, 4) is 0 Å².